The van der Waals surface area contributed by atoms with Gasteiger partial charge in [-0.25, -0.2) is 13.7 Å². The molecule has 0 amide bonds. The number of pyridine rings is 2. The summed E-state index contributed by atoms with van der Waals surface area (Å²) >= 11 is 0. The first-order chi connectivity index (χ1) is 19.0. The second-order valence-corrected chi connectivity index (χ2v) is 9.49. The summed E-state index contributed by atoms with van der Waals surface area (Å²) in [5.41, 5.74) is -1.53. The van der Waals surface area contributed by atoms with E-state index in [4.69, 9.17) is 4.74 Å². The van der Waals surface area contributed by atoms with E-state index in [2.05, 4.69) is 15.4 Å². The van der Waals surface area contributed by atoms with Crippen LogP contribution in [0.5, 0.6) is 0 Å². The van der Waals surface area contributed by atoms with Gasteiger partial charge in [0.2, 0.25) is 0 Å². The standard InChI is InChI=1S/C27H26F4N6O3/c1-15-17(7-5-9-32-15)21-22-19(14-37(26(21)39)36-10-12-40-13-11-36)24(34-35(3)25(22)38)33-16(2)18-6-4-8-20(23(18)28)27(29,30)31/h4-9,14,16H,10-13H2,1-3H3,(H,33,34)/t16-/m1/s1. The third-order valence-corrected chi connectivity index (χ3v) is 6.93. The van der Waals surface area contributed by atoms with Crippen LogP contribution in [-0.4, -0.2) is 45.7 Å². The van der Waals surface area contributed by atoms with E-state index in [0.717, 1.165) is 10.7 Å². The highest BCUT2D eigenvalue weighted by Gasteiger charge is 2.35. The van der Waals surface area contributed by atoms with E-state index in [1.54, 1.807) is 30.3 Å². The smallest absolute Gasteiger partial charge is 0.378 e. The molecule has 0 radical (unpaired) electrons. The molecule has 5 rings (SSSR count). The molecule has 0 saturated carbocycles. The Morgan fingerprint density at radius 2 is 1.80 bits per heavy atom. The lowest BCUT2D eigenvalue weighted by molar-refractivity contribution is -0.140. The number of hydrogen-bond acceptors (Lipinski definition) is 7. The van der Waals surface area contributed by atoms with Crippen LogP contribution in [0.15, 0.2) is 52.3 Å². The van der Waals surface area contributed by atoms with Gasteiger partial charge in [0.05, 0.1) is 54.2 Å². The normalized spacial score (nSPS) is 14.9. The van der Waals surface area contributed by atoms with Crippen LogP contribution in [0.1, 0.15) is 29.8 Å². The van der Waals surface area contributed by atoms with Gasteiger partial charge < -0.3 is 15.1 Å². The molecule has 0 unspecified atom stereocenters. The van der Waals surface area contributed by atoms with Crippen molar-refractivity contribution in [2.45, 2.75) is 26.1 Å². The fourth-order valence-corrected chi connectivity index (χ4v) is 4.88. The minimum absolute atomic E-state index is 0.0577. The van der Waals surface area contributed by atoms with Gasteiger partial charge in [-0.2, -0.15) is 18.3 Å². The van der Waals surface area contributed by atoms with Crippen molar-refractivity contribution in [3.8, 4) is 11.1 Å². The quantitative estimate of drug-likeness (QED) is 0.373. The molecule has 1 atom stereocenters. The Morgan fingerprint density at radius 3 is 2.48 bits per heavy atom. The summed E-state index contributed by atoms with van der Waals surface area (Å²) in [7, 11) is 1.40. The lowest BCUT2D eigenvalue weighted by Crippen LogP contribution is -2.49. The molecule has 13 heteroatoms. The van der Waals surface area contributed by atoms with Crippen LogP contribution in [0.3, 0.4) is 0 Å². The van der Waals surface area contributed by atoms with Gasteiger partial charge in [-0.3, -0.25) is 14.6 Å². The number of nitrogens with zero attached hydrogens (tertiary/aromatic N) is 5. The molecule has 1 aliphatic heterocycles. The summed E-state index contributed by atoms with van der Waals surface area (Å²) in [6, 6.07) is 5.42. The molecule has 1 aliphatic rings. The third kappa shape index (κ3) is 4.81. The first-order valence-electron chi connectivity index (χ1n) is 12.5. The Balaban J connectivity index is 1.76. The van der Waals surface area contributed by atoms with Crippen molar-refractivity contribution in [1.82, 2.24) is 19.4 Å². The van der Waals surface area contributed by atoms with Crippen molar-refractivity contribution in [2.24, 2.45) is 7.05 Å². The molecule has 1 aromatic carbocycles. The van der Waals surface area contributed by atoms with Crippen LogP contribution in [-0.2, 0) is 18.0 Å². The first kappa shape index (κ1) is 27.3. The molecule has 0 aliphatic carbocycles. The van der Waals surface area contributed by atoms with E-state index in [0.29, 0.717) is 43.6 Å². The molecule has 40 heavy (non-hydrogen) atoms. The number of morpholine rings is 1. The van der Waals surface area contributed by atoms with Crippen molar-refractivity contribution in [3.05, 3.63) is 86.1 Å². The molecule has 3 aromatic heterocycles. The summed E-state index contributed by atoms with van der Waals surface area (Å²) in [4.78, 5) is 31.7. The second-order valence-electron chi connectivity index (χ2n) is 9.49. The topological polar surface area (TPSA) is 94.3 Å². The number of ether oxygens (including phenoxy) is 1. The summed E-state index contributed by atoms with van der Waals surface area (Å²) in [5, 5.41) is 9.37. The third-order valence-electron chi connectivity index (χ3n) is 6.93. The van der Waals surface area contributed by atoms with E-state index < -0.39 is 34.7 Å². The van der Waals surface area contributed by atoms with Crippen LogP contribution >= 0.6 is 0 Å². The average molecular weight is 559 g/mol. The average Bonchev–Trinajstić information content (AvgIpc) is 2.91. The van der Waals surface area contributed by atoms with E-state index in [9.17, 15) is 27.2 Å². The highest BCUT2D eigenvalue weighted by molar-refractivity contribution is 6.00. The number of rotatable bonds is 5. The van der Waals surface area contributed by atoms with Crippen LogP contribution in [0.2, 0.25) is 0 Å². The molecule has 210 valence electrons. The Kier molecular flexibility index (Phi) is 7.08. The fourth-order valence-electron chi connectivity index (χ4n) is 4.88. The summed E-state index contributed by atoms with van der Waals surface area (Å²) in [6.45, 7) is 4.79. The highest BCUT2D eigenvalue weighted by atomic mass is 19.4. The Bertz CT molecular complexity index is 1710. The Morgan fingerprint density at radius 1 is 1.07 bits per heavy atom. The minimum atomic E-state index is -4.87. The SMILES string of the molecule is Cc1ncccc1-c1c(=O)n(N2CCOCC2)cc2c(N[C@H](C)c3cccc(C(F)(F)F)c3F)nn(C)c(=O)c12. The van der Waals surface area contributed by atoms with Gasteiger partial charge in [-0.15, -0.1) is 0 Å². The number of benzene rings is 1. The van der Waals surface area contributed by atoms with Crippen molar-refractivity contribution < 1.29 is 22.3 Å². The maximum Gasteiger partial charge on any atom is 0.419 e. The first-order valence-corrected chi connectivity index (χ1v) is 12.5. The zero-order valence-electron chi connectivity index (χ0n) is 21.9. The number of anilines is 1. The highest BCUT2D eigenvalue weighted by Crippen LogP contribution is 2.35. The summed E-state index contributed by atoms with van der Waals surface area (Å²) < 4.78 is 62.9. The maximum atomic E-state index is 15.0. The molecule has 9 nitrogen and oxygen atoms in total. The molecule has 0 bridgehead atoms. The molecule has 4 heterocycles. The van der Waals surface area contributed by atoms with Gasteiger partial charge in [0, 0.05) is 36.3 Å². The maximum absolute atomic E-state index is 15.0. The van der Waals surface area contributed by atoms with Crippen LogP contribution < -0.4 is 21.4 Å². The molecular weight excluding hydrogens is 532 g/mol. The number of aryl methyl sites for hydroxylation is 2. The van der Waals surface area contributed by atoms with E-state index >= 15 is 0 Å². The molecular formula is C27H26F4N6O3. The van der Waals surface area contributed by atoms with Crippen LogP contribution in [0.4, 0.5) is 23.4 Å². The number of fused-ring (bicyclic) bond motifs is 1. The van der Waals surface area contributed by atoms with Crippen molar-refractivity contribution >= 4 is 16.6 Å². The number of halogens is 4. The minimum Gasteiger partial charge on any atom is -0.378 e. The lowest BCUT2D eigenvalue weighted by Gasteiger charge is -2.31. The zero-order valence-corrected chi connectivity index (χ0v) is 21.9. The molecule has 1 N–H and O–H groups in total. The van der Waals surface area contributed by atoms with Crippen molar-refractivity contribution in [1.29, 1.82) is 0 Å². The Labute approximate surface area is 225 Å². The molecule has 1 saturated heterocycles. The largest absolute Gasteiger partial charge is 0.419 e. The van der Waals surface area contributed by atoms with E-state index in [1.807, 2.05) is 0 Å². The number of aromatic nitrogens is 4. The molecule has 1 fully saturated rings. The predicted molar refractivity (Wildman–Crippen MR) is 141 cm³/mol. The number of nitrogens with one attached hydrogen (secondary N) is 1. The van der Waals surface area contributed by atoms with Gasteiger partial charge in [0.15, 0.2) is 5.82 Å². The van der Waals surface area contributed by atoms with Crippen molar-refractivity contribution in [3.63, 3.8) is 0 Å². The fraction of sp³-hybridized carbons (Fsp3) is 0.333. The lowest BCUT2D eigenvalue weighted by atomic mass is 10.00. The predicted octanol–water partition coefficient (Wildman–Crippen LogP) is 3.76. The Hall–Kier alpha value is -4.26. The van der Waals surface area contributed by atoms with Gasteiger partial charge >= 0.3 is 6.18 Å². The van der Waals surface area contributed by atoms with Crippen molar-refractivity contribution in [2.75, 3.05) is 36.6 Å². The monoisotopic (exact) mass is 558 g/mol. The van der Waals surface area contributed by atoms with Crippen LogP contribution in [0, 0.1) is 12.7 Å². The zero-order chi connectivity index (χ0) is 28.8. The van der Waals surface area contributed by atoms with Crippen LogP contribution in [0.25, 0.3) is 21.9 Å². The van der Waals surface area contributed by atoms with Gasteiger partial charge in [-0.1, -0.05) is 18.2 Å². The van der Waals surface area contributed by atoms with Gasteiger partial charge in [0.1, 0.15) is 5.82 Å². The second kappa shape index (κ2) is 10.4. The molecule has 4 aromatic rings. The number of alkyl halides is 3. The summed E-state index contributed by atoms with van der Waals surface area (Å²) in [5.74, 6) is -1.31. The number of hydrogen-bond donors (Lipinski definition) is 1. The summed E-state index contributed by atoms with van der Waals surface area (Å²) in [6.07, 6.45) is -1.82. The van der Waals surface area contributed by atoms with E-state index in [-0.39, 0.29) is 27.7 Å². The van der Waals surface area contributed by atoms with Gasteiger partial charge in [-0.05, 0) is 26.0 Å². The van der Waals surface area contributed by atoms with E-state index in [1.165, 1.54) is 30.9 Å². The van der Waals surface area contributed by atoms with Gasteiger partial charge in [0.25, 0.3) is 11.1 Å². The molecule has 0 spiro atoms.